The van der Waals surface area contributed by atoms with Crippen LogP contribution in [0.4, 0.5) is 18.9 Å². The van der Waals surface area contributed by atoms with E-state index in [2.05, 4.69) is 53.4 Å². The predicted molar refractivity (Wildman–Crippen MR) is 210 cm³/mol. The minimum Gasteiger partial charge on any atom is -0.322 e. The molecule has 16 heteroatoms. The summed E-state index contributed by atoms with van der Waals surface area (Å²) in [4.78, 5) is 60.5. The van der Waals surface area contributed by atoms with Crippen LogP contribution in [0.2, 0.25) is 0 Å². The number of alkyl halides is 3. The van der Waals surface area contributed by atoms with Crippen molar-refractivity contribution in [1.82, 2.24) is 34.6 Å². The quantitative estimate of drug-likeness (QED) is 0.161. The number of nitrogens with one attached hydrogen (secondary N) is 2. The third-order valence-electron chi connectivity index (χ3n) is 10.7. The molecule has 8 rings (SSSR count). The zero-order valence-electron chi connectivity index (χ0n) is 31.2. The number of imide groups is 1. The van der Waals surface area contributed by atoms with Gasteiger partial charge in [0.05, 0.1) is 11.8 Å². The number of hydrogen-bond donors (Lipinski definition) is 2. The van der Waals surface area contributed by atoms with Crippen molar-refractivity contribution >= 4 is 50.9 Å². The number of imidazole rings is 1. The number of nitrogens with zero attached hydrogens (tertiary/aromatic N) is 6. The number of halogens is 4. The molecule has 3 aliphatic rings. The molecular formula is C42H36BrF3N8O4. The molecule has 0 spiro atoms. The second-order valence-electron chi connectivity index (χ2n) is 14.6. The average molecular weight is 854 g/mol. The lowest BCUT2D eigenvalue weighted by Crippen LogP contribution is -2.52. The first-order valence-electron chi connectivity index (χ1n) is 18.6. The summed E-state index contributed by atoms with van der Waals surface area (Å²) >= 11 is 3.61. The van der Waals surface area contributed by atoms with Gasteiger partial charge < -0.3 is 10.2 Å². The number of hydrogen-bond acceptors (Lipinski definition) is 8. The van der Waals surface area contributed by atoms with E-state index in [4.69, 9.17) is 0 Å². The van der Waals surface area contributed by atoms with Gasteiger partial charge in [-0.2, -0.15) is 18.3 Å². The lowest BCUT2D eigenvalue weighted by Gasteiger charge is -2.35. The monoisotopic (exact) mass is 852 g/mol. The Morgan fingerprint density at radius 2 is 1.72 bits per heavy atom. The van der Waals surface area contributed by atoms with Crippen molar-refractivity contribution in [3.05, 3.63) is 128 Å². The number of piperidine rings is 1. The summed E-state index contributed by atoms with van der Waals surface area (Å²) in [5.74, 6) is 4.48. The molecule has 3 aliphatic heterocycles. The van der Waals surface area contributed by atoms with Gasteiger partial charge in [0.25, 0.3) is 11.8 Å². The lowest BCUT2D eigenvalue weighted by atomic mass is 10.0. The van der Waals surface area contributed by atoms with E-state index in [0.717, 1.165) is 27.2 Å². The van der Waals surface area contributed by atoms with Gasteiger partial charge in [0.15, 0.2) is 5.65 Å². The SMILES string of the molecule is Cc1ccc(C(=O)Nc2ccc(CN3CCN(Cc4cc5c(cc4Br)C(=O)N(C4CCC(=O)NC4=O)C5)CC3)c(C(F)(F)F)c2)cc1C#Cc1cnc2cccnn12. The summed E-state index contributed by atoms with van der Waals surface area (Å²) in [6.07, 6.45) is -0.956. The standard InChI is InChI=1S/C42H36BrF3N8O4/c1-25-4-5-27(17-26(25)7-9-32-21-47-37-3-2-12-48-54(32)37)39(56)49-31-8-6-28(34(19-31)42(44,45)46)22-51-13-15-52(16-14-51)23-30-18-29-24-53(41(58)33(29)20-35(30)43)36-10-11-38(55)50-40(36)57/h2-6,8,12,17-21,36H,10-11,13-16,22-24H2,1H3,(H,49,56)(H,50,55,57). The highest BCUT2D eigenvalue weighted by molar-refractivity contribution is 9.10. The molecule has 5 aromatic rings. The first-order chi connectivity index (χ1) is 27.8. The minimum absolute atomic E-state index is 0.0257. The number of amides is 4. The Morgan fingerprint density at radius 3 is 2.47 bits per heavy atom. The van der Waals surface area contributed by atoms with Crippen molar-refractivity contribution in [2.45, 2.75) is 51.6 Å². The van der Waals surface area contributed by atoms with Gasteiger partial charge >= 0.3 is 6.18 Å². The molecular weight excluding hydrogens is 817 g/mol. The Kier molecular flexibility index (Phi) is 10.6. The van der Waals surface area contributed by atoms with Crippen LogP contribution >= 0.6 is 15.9 Å². The molecule has 0 saturated carbocycles. The van der Waals surface area contributed by atoms with Crippen molar-refractivity contribution in [2.24, 2.45) is 0 Å². The second-order valence-corrected chi connectivity index (χ2v) is 15.4. The maximum atomic E-state index is 14.4. The van der Waals surface area contributed by atoms with E-state index in [1.807, 2.05) is 17.9 Å². The Bertz CT molecular complexity index is 2560. The van der Waals surface area contributed by atoms with E-state index >= 15 is 0 Å². The molecule has 2 saturated heterocycles. The van der Waals surface area contributed by atoms with Crippen LogP contribution in [0.25, 0.3) is 5.65 Å². The van der Waals surface area contributed by atoms with E-state index in [9.17, 15) is 32.3 Å². The van der Waals surface area contributed by atoms with Gasteiger partial charge in [-0.3, -0.25) is 34.3 Å². The van der Waals surface area contributed by atoms with Gasteiger partial charge in [0.2, 0.25) is 11.8 Å². The first kappa shape index (κ1) is 39.0. The number of aryl methyl sites for hydroxylation is 1. The van der Waals surface area contributed by atoms with Gasteiger partial charge in [-0.05, 0) is 84.0 Å². The van der Waals surface area contributed by atoms with Crippen LogP contribution in [0.1, 0.15) is 72.6 Å². The van der Waals surface area contributed by atoms with E-state index in [1.54, 1.807) is 53.3 Å². The van der Waals surface area contributed by atoms with Gasteiger partial charge in [-0.25, -0.2) is 9.50 Å². The molecule has 4 amide bonds. The van der Waals surface area contributed by atoms with Crippen LogP contribution in [-0.4, -0.2) is 85.1 Å². The number of carbonyl (C=O) groups is 4. The van der Waals surface area contributed by atoms with E-state index in [-0.39, 0.29) is 54.6 Å². The fourth-order valence-corrected chi connectivity index (χ4v) is 8.02. The Morgan fingerprint density at radius 1 is 0.966 bits per heavy atom. The number of fused-ring (bicyclic) bond motifs is 2. The second kappa shape index (κ2) is 15.8. The van der Waals surface area contributed by atoms with Crippen molar-refractivity contribution in [1.29, 1.82) is 0 Å². The van der Waals surface area contributed by atoms with Crippen LogP contribution in [0, 0.1) is 18.8 Å². The average Bonchev–Trinajstić information content (AvgIpc) is 3.75. The van der Waals surface area contributed by atoms with Crippen LogP contribution in [-0.2, 0) is 35.4 Å². The zero-order valence-corrected chi connectivity index (χ0v) is 32.8. The molecule has 2 N–H and O–H groups in total. The molecule has 2 fully saturated rings. The molecule has 0 radical (unpaired) electrons. The maximum absolute atomic E-state index is 14.4. The summed E-state index contributed by atoms with van der Waals surface area (Å²) in [6.45, 7) is 5.05. The molecule has 5 heterocycles. The highest BCUT2D eigenvalue weighted by Gasteiger charge is 2.40. The molecule has 2 aromatic heterocycles. The maximum Gasteiger partial charge on any atom is 0.416 e. The number of aromatic nitrogens is 3. The molecule has 296 valence electrons. The van der Waals surface area contributed by atoms with Crippen molar-refractivity contribution in [2.75, 3.05) is 31.5 Å². The summed E-state index contributed by atoms with van der Waals surface area (Å²) in [5, 5.41) is 9.20. The number of rotatable bonds is 7. The predicted octanol–water partition coefficient (Wildman–Crippen LogP) is 5.55. The smallest absolute Gasteiger partial charge is 0.322 e. The summed E-state index contributed by atoms with van der Waals surface area (Å²) in [6, 6.07) is 15.4. The van der Waals surface area contributed by atoms with Gasteiger partial charge in [0.1, 0.15) is 11.7 Å². The minimum atomic E-state index is -4.65. The molecule has 58 heavy (non-hydrogen) atoms. The van der Waals surface area contributed by atoms with Crippen LogP contribution < -0.4 is 10.6 Å². The summed E-state index contributed by atoms with van der Waals surface area (Å²) in [7, 11) is 0. The lowest BCUT2D eigenvalue weighted by molar-refractivity contribution is -0.139. The third kappa shape index (κ3) is 8.11. The Balaban J connectivity index is 0.893. The topological polar surface area (TPSA) is 132 Å². The van der Waals surface area contributed by atoms with Crippen molar-refractivity contribution in [3.8, 4) is 11.8 Å². The normalized spacial score (nSPS) is 17.6. The van der Waals surface area contributed by atoms with Crippen LogP contribution in [0.5, 0.6) is 0 Å². The highest BCUT2D eigenvalue weighted by Crippen LogP contribution is 2.36. The Hall–Kier alpha value is -5.89. The number of carbonyl (C=O) groups excluding carboxylic acids is 4. The number of benzene rings is 3. The molecule has 1 unspecified atom stereocenters. The highest BCUT2D eigenvalue weighted by atomic mass is 79.9. The number of anilines is 1. The molecule has 0 aliphatic carbocycles. The van der Waals surface area contributed by atoms with E-state index in [0.29, 0.717) is 55.2 Å². The van der Waals surface area contributed by atoms with Gasteiger partial charge in [-0.15, -0.1) is 0 Å². The van der Waals surface area contributed by atoms with E-state index in [1.165, 1.54) is 17.0 Å². The third-order valence-corrected chi connectivity index (χ3v) is 11.5. The molecule has 12 nitrogen and oxygen atoms in total. The van der Waals surface area contributed by atoms with Gasteiger partial charge in [-0.1, -0.05) is 40.0 Å². The first-order valence-corrected chi connectivity index (χ1v) is 19.4. The Labute approximate surface area is 339 Å². The summed E-state index contributed by atoms with van der Waals surface area (Å²) < 4.78 is 45.7. The van der Waals surface area contributed by atoms with E-state index < -0.39 is 29.6 Å². The van der Waals surface area contributed by atoms with Crippen LogP contribution in [0.15, 0.2) is 77.5 Å². The molecule has 1 atom stereocenters. The van der Waals surface area contributed by atoms with Crippen molar-refractivity contribution < 1.29 is 32.3 Å². The summed E-state index contributed by atoms with van der Waals surface area (Å²) in [5.41, 5.74) is 4.46. The van der Waals surface area contributed by atoms with Crippen molar-refractivity contribution in [3.63, 3.8) is 0 Å². The largest absolute Gasteiger partial charge is 0.416 e. The molecule has 3 aromatic carbocycles. The molecule has 0 bridgehead atoms. The van der Waals surface area contributed by atoms with Crippen LogP contribution in [0.3, 0.4) is 0 Å². The van der Waals surface area contributed by atoms with Gasteiger partial charge in [0, 0.05) is 85.3 Å². The fraction of sp³-hybridized carbons (Fsp3) is 0.286. The number of piperazine rings is 1. The fourth-order valence-electron chi connectivity index (χ4n) is 7.55. The zero-order chi connectivity index (χ0) is 40.7.